The summed E-state index contributed by atoms with van der Waals surface area (Å²) in [6.45, 7) is 2.66. The van der Waals surface area contributed by atoms with E-state index >= 15 is 0 Å². The molecule has 156 valence electrons. The maximum Gasteiger partial charge on any atom is 0.416 e. The van der Waals surface area contributed by atoms with Crippen LogP contribution in [-0.2, 0) is 12.7 Å². The molecule has 0 aromatic heterocycles. The minimum Gasteiger partial charge on any atom is -0.322 e. The molecule has 2 amide bonds. The van der Waals surface area contributed by atoms with Gasteiger partial charge < -0.3 is 10.2 Å². The molecule has 1 aliphatic rings. The SMILES string of the molecule is O=C(Nc1cc(C(F)(F)F)ccc1Cl)N1CCN(Cc2ccc(Cl)cc2Cl)CC1. The monoisotopic (exact) mass is 465 g/mol. The van der Waals surface area contributed by atoms with E-state index in [4.69, 9.17) is 34.8 Å². The summed E-state index contributed by atoms with van der Waals surface area (Å²) in [5, 5.41) is 3.66. The number of hydrogen-bond acceptors (Lipinski definition) is 2. The number of anilines is 1. The van der Waals surface area contributed by atoms with Crippen molar-refractivity contribution in [3.63, 3.8) is 0 Å². The van der Waals surface area contributed by atoms with Gasteiger partial charge in [-0.15, -0.1) is 0 Å². The van der Waals surface area contributed by atoms with Gasteiger partial charge in [0, 0.05) is 42.8 Å². The Bertz CT molecular complexity index is 900. The Labute approximate surface area is 181 Å². The van der Waals surface area contributed by atoms with Crippen LogP contribution in [0, 0.1) is 0 Å². The molecule has 2 aromatic rings. The van der Waals surface area contributed by atoms with E-state index in [0.29, 0.717) is 42.8 Å². The summed E-state index contributed by atoms with van der Waals surface area (Å²) in [5.41, 5.74) is -0.00607. The zero-order valence-electron chi connectivity index (χ0n) is 15.1. The number of carbonyl (C=O) groups is 1. The van der Waals surface area contributed by atoms with Crippen molar-refractivity contribution in [3.05, 3.63) is 62.6 Å². The number of urea groups is 1. The number of nitrogens with one attached hydrogen (secondary N) is 1. The highest BCUT2D eigenvalue weighted by atomic mass is 35.5. The van der Waals surface area contributed by atoms with Crippen LogP contribution in [0.15, 0.2) is 36.4 Å². The van der Waals surface area contributed by atoms with Crippen molar-refractivity contribution in [1.29, 1.82) is 0 Å². The molecular formula is C19H17Cl3F3N3O. The van der Waals surface area contributed by atoms with Crippen LogP contribution in [0.3, 0.4) is 0 Å². The molecule has 1 saturated heterocycles. The van der Waals surface area contributed by atoms with Gasteiger partial charge in [0.15, 0.2) is 0 Å². The first-order chi connectivity index (χ1) is 13.6. The first-order valence-electron chi connectivity index (χ1n) is 8.72. The van der Waals surface area contributed by atoms with E-state index in [2.05, 4.69) is 10.2 Å². The van der Waals surface area contributed by atoms with E-state index in [1.807, 2.05) is 6.07 Å². The summed E-state index contributed by atoms with van der Waals surface area (Å²) < 4.78 is 38.6. The van der Waals surface area contributed by atoms with Crippen molar-refractivity contribution in [2.24, 2.45) is 0 Å². The Morgan fingerprint density at radius 1 is 0.966 bits per heavy atom. The number of benzene rings is 2. The molecule has 3 rings (SSSR count). The van der Waals surface area contributed by atoms with Crippen molar-refractivity contribution in [3.8, 4) is 0 Å². The Morgan fingerprint density at radius 3 is 2.28 bits per heavy atom. The smallest absolute Gasteiger partial charge is 0.322 e. The summed E-state index contributed by atoms with van der Waals surface area (Å²) in [6, 6.07) is 7.65. The minimum absolute atomic E-state index is 0.0439. The zero-order chi connectivity index (χ0) is 21.2. The summed E-state index contributed by atoms with van der Waals surface area (Å²) in [6.07, 6.45) is -4.52. The van der Waals surface area contributed by atoms with Crippen molar-refractivity contribution in [2.45, 2.75) is 12.7 Å². The fourth-order valence-electron chi connectivity index (χ4n) is 2.99. The third-order valence-electron chi connectivity index (χ3n) is 4.60. The molecule has 0 aliphatic carbocycles. The fraction of sp³-hybridized carbons (Fsp3) is 0.316. The summed E-state index contributed by atoms with van der Waals surface area (Å²) in [4.78, 5) is 16.1. The number of halogens is 6. The molecule has 0 atom stereocenters. The van der Waals surface area contributed by atoms with Crippen LogP contribution < -0.4 is 5.32 Å². The average Bonchev–Trinajstić information content (AvgIpc) is 2.65. The maximum atomic E-state index is 12.9. The highest BCUT2D eigenvalue weighted by Gasteiger charge is 2.31. The molecule has 1 heterocycles. The van der Waals surface area contributed by atoms with E-state index in [9.17, 15) is 18.0 Å². The van der Waals surface area contributed by atoms with Gasteiger partial charge in [-0.25, -0.2) is 4.79 Å². The van der Waals surface area contributed by atoms with Gasteiger partial charge in [0.25, 0.3) is 0 Å². The Kier molecular flexibility index (Phi) is 6.83. The molecule has 0 unspecified atom stereocenters. The van der Waals surface area contributed by atoms with E-state index in [0.717, 1.165) is 23.8 Å². The number of nitrogens with zero attached hydrogens (tertiary/aromatic N) is 2. The average molecular weight is 467 g/mol. The van der Waals surface area contributed by atoms with Crippen LogP contribution >= 0.6 is 34.8 Å². The third kappa shape index (κ3) is 5.69. The molecule has 1 fully saturated rings. The third-order valence-corrected chi connectivity index (χ3v) is 5.52. The highest BCUT2D eigenvalue weighted by molar-refractivity contribution is 6.35. The summed E-state index contributed by atoms with van der Waals surface area (Å²) in [7, 11) is 0. The van der Waals surface area contributed by atoms with Gasteiger partial charge in [-0.2, -0.15) is 13.2 Å². The Hall–Kier alpha value is -1.67. The van der Waals surface area contributed by atoms with Crippen molar-refractivity contribution in [2.75, 3.05) is 31.5 Å². The molecule has 0 bridgehead atoms. The van der Waals surface area contributed by atoms with Gasteiger partial charge in [-0.3, -0.25) is 4.90 Å². The van der Waals surface area contributed by atoms with Gasteiger partial charge in [0.1, 0.15) is 0 Å². The number of rotatable bonds is 3. The largest absolute Gasteiger partial charge is 0.416 e. The van der Waals surface area contributed by atoms with Crippen molar-refractivity contribution in [1.82, 2.24) is 9.80 Å². The molecule has 29 heavy (non-hydrogen) atoms. The molecular weight excluding hydrogens is 450 g/mol. The molecule has 2 aromatic carbocycles. The summed E-state index contributed by atoms with van der Waals surface area (Å²) >= 11 is 18.0. The summed E-state index contributed by atoms with van der Waals surface area (Å²) in [5.74, 6) is 0. The van der Waals surface area contributed by atoms with Crippen LogP contribution in [0.5, 0.6) is 0 Å². The molecule has 0 radical (unpaired) electrons. The van der Waals surface area contributed by atoms with Gasteiger partial charge in [-0.05, 0) is 35.9 Å². The van der Waals surface area contributed by atoms with Gasteiger partial charge in [-0.1, -0.05) is 40.9 Å². The minimum atomic E-state index is -4.52. The molecule has 0 spiro atoms. The number of carbonyl (C=O) groups excluding carboxylic acids is 1. The fourth-order valence-corrected chi connectivity index (χ4v) is 3.62. The lowest BCUT2D eigenvalue weighted by molar-refractivity contribution is -0.137. The Morgan fingerprint density at radius 2 is 1.66 bits per heavy atom. The molecule has 10 heteroatoms. The van der Waals surface area contributed by atoms with Gasteiger partial charge >= 0.3 is 12.2 Å². The predicted molar refractivity (Wildman–Crippen MR) is 109 cm³/mol. The van der Waals surface area contributed by atoms with Crippen LogP contribution in [0.25, 0.3) is 0 Å². The van der Waals surface area contributed by atoms with Crippen LogP contribution in [0.2, 0.25) is 15.1 Å². The van der Waals surface area contributed by atoms with Gasteiger partial charge in [0.2, 0.25) is 0 Å². The van der Waals surface area contributed by atoms with Crippen molar-refractivity contribution >= 4 is 46.5 Å². The van der Waals surface area contributed by atoms with Gasteiger partial charge in [0.05, 0.1) is 16.3 Å². The normalized spacial score (nSPS) is 15.4. The topological polar surface area (TPSA) is 35.6 Å². The second kappa shape index (κ2) is 9.00. The molecule has 0 saturated carbocycles. The van der Waals surface area contributed by atoms with Crippen LogP contribution in [-0.4, -0.2) is 42.0 Å². The molecule has 1 aliphatic heterocycles. The maximum absolute atomic E-state index is 12.9. The second-order valence-corrected chi connectivity index (χ2v) is 7.87. The predicted octanol–water partition coefficient (Wildman–Crippen LogP) is 6.02. The molecule has 1 N–H and O–H groups in total. The van der Waals surface area contributed by atoms with E-state index < -0.39 is 17.8 Å². The highest BCUT2D eigenvalue weighted by Crippen LogP contribution is 2.34. The first kappa shape index (κ1) is 22.0. The lowest BCUT2D eigenvalue weighted by atomic mass is 10.2. The zero-order valence-corrected chi connectivity index (χ0v) is 17.3. The van der Waals surface area contributed by atoms with E-state index in [1.165, 1.54) is 4.90 Å². The number of amides is 2. The second-order valence-electron chi connectivity index (χ2n) is 6.62. The van der Waals surface area contributed by atoms with Crippen LogP contribution in [0.1, 0.15) is 11.1 Å². The lowest BCUT2D eigenvalue weighted by Crippen LogP contribution is -2.49. The van der Waals surface area contributed by atoms with E-state index in [-0.39, 0.29) is 10.7 Å². The quantitative estimate of drug-likeness (QED) is 0.601. The standard InChI is InChI=1S/C19H17Cl3F3N3O/c20-14-3-1-12(16(22)10-14)11-27-5-7-28(8-6-27)18(29)26-17-9-13(19(23,24)25)2-4-15(17)21/h1-4,9-10H,5-8,11H2,(H,26,29). The van der Waals surface area contributed by atoms with Crippen molar-refractivity contribution < 1.29 is 18.0 Å². The van der Waals surface area contributed by atoms with Crippen LogP contribution in [0.4, 0.5) is 23.7 Å². The Balaban J connectivity index is 1.58. The number of alkyl halides is 3. The number of piperazine rings is 1. The van der Waals surface area contributed by atoms with E-state index in [1.54, 1.807) is 12.1 Å². The lowest BCUT2D eigenvalue weighted by Gasteiger charge is -2.35. The molecule has 4 nitrogen and oxygen atoms in total. The number of hydrogen-bond donors (Lipinski definition) is 1. The first-order valence-corrected chi connectivity index (χ1v) is 9.86.